The van der Waals surface area contributed by atoms with Crippen molar-refractivity contribution in [2.24, 2.45) is 4.99 Å². The fourth-order valence-corrected chi connectivity index (χ4v) is 3.31. The fraction of sp³-hybridized carbons (Fsp3) is 0.267. The molecule has 22 heavy (non-hydrogen) atoms. The van der Waals surface area contributed by atoms with E-state index in [-0.39, 0.29) is 11.8 Å². The Labute approximate surface area is 140 Å². The summed E-state index contributed by atoms with van der Waals surface area (Å²) in [6.07, 6.45) is 0.647. The molecule has 0 unspecified atom stereocenters. The lowest BCUT2D eigenvalue weighted by atomic mass is 10.3. The Morgan fingerprint density at radius 3 is 2.64 bits per heavy atom. The molecule has 0 saturated carbocycles. The van der Waals surface area contributed by atoms with Crippen molar-refractivity contribution in [3.63, 3.8) is 0 Å². The second-order valence-corrected chi connectivity index (χ2v) is 6.48. The molecule has 0 N–H and O–H groups in total. The third-order valence-corrected chi connectivity index (χ3v) is 4.42. The predicted octanol–water partition coefficient (Wildman–Crippen LogP) is 3.69. The Hall–Kier alpha value is -1.73. The van der Waals surface area contributed by atoms with Crippen molar-refractivity contribution in [1.82, 2.24) is 4.57 Å². The molecule has 1 aromatic carbocycles. The number of carbonyl (C=O) groups excluding carboxylic acids is 2. The van der Waals surface area contributed by atoms with Crippen LogP contribution in [0.2, 0.25) is 0 Å². The van der Waals surface area contributed by atoms with Crippen LogP contribution in [0.1, 0.15) is 30.4 Å². The zero-order chi connectivity index (χ0) is 16.3. The zero-order valence-electron chi connectivity index (χ0n) is 12.4. The van der Waals surface area contributed by atoms with Crippen LogP contribution in [-0.2, 0) is 11.2 Å². The van der Waals surface area contributed by atoms with Gasteiger partial charge in [-0.1, -0.05) is 40.3 Å². The lowest BCUT2D eigenvalue weighted by molar-refractivity contribution is -0.132. The van der Waals surface area contributed by atoms with Gasteiger partial charge in [0, 0.05) is 18.3 Å². The number of halogens is 1. The van der Waals surface area contributed by atoms with Crippen molar-refractivity contribution >= 4 is 44.8 Å². The van der Waals surface area contributed by atoms with Crippen molar-refractivity contribution in [2.75, 3.05) is 0 Å². The topological polar surface area (TPSA) is 60.7 Å². The van der Waals surface area contributed by atoms with Gasteiger partial charge in [0.25, 0.3) is 0 Å². The molecule has 0 aliphatic heterocycles. The summed E-state index contributed by atoms with van der Waals surface area (Å²) in [4.78, 5) is 29.0. The van der Waals surface area contributed by atoms with E-state index in [9.17, 15) is 9.59 Å². The van der Waals surface area contributed by atoms with Gasteiger partial charge in [-0.15, -0.1) is 0 Å². The standard InChI is InChI=1S/C15H15BrN2O3S/c1-4-13-14(21-10(3)20)18(9(2)19)15(22-13)17-12-7-5-6-11(16)8-12/h5-8H,4H2,1-3H3. The third kappa shape index (κ3) is 3.72. The summed E-state index contributed by atoms with van der Waals surface area (Å²) in [7, 11) is 0. The minimum atomic E-state index is -0.462. The average molecular weight is 383 g/mol. The summed E-state index contributed by atoms with van der Waals surface area (Å²) in [6, 6.07) is 7.45. The first-order valence-electron chi connectivity index (χ1n) is 6.66. The SMILES string of the molecule is CCc1sc(=Nc2cccc(Br)c2)n(C(C)=O)c1OC(C)=O. The number of nitrogens with zero attached hydrogens (tertiary/aromatic N) is 2. The molecule has 2 aromatic rings. The molecule has 1 heterocycles. The van der Waals surface area contributed by atoms with Gasteiger partial charge in [0.2, 0.25) is 11.8 Å². The van der Waals surface area contributed by atoms with Crippen molar-refractivity contribution in [3.05, 3.63) is 38.4 Å². The summed E-state index contributed by atoms with van der Waals surface area (Å²) < 4.78 is 7.45. The van der Waals surface area contributed by atoms with Crippen LogP contribution in [0.15, 0.2) is 33.7 Å². The molecule has 0 amide bonds. The number of hydrogen-bond acceptors (Lipinski definition) is 5. The summed E-state index contributed by atoms with van der Waals surface area (Å²) in [5, 5.41) is 0. The second-order valence-electron chi connectivity index (χ2n) is 4.51. The van der Waals surface area contributed by atoms with E-state index in [4.69, 9.17) is 4.74 Å². The molecule has 0 aliphatic carbocycles. The highest BCUT2D eigenvalue weighted by molar-refractivity contribution is 9.10. The van der Waals surface area contributed by atoms with Crippen LogP contribution in [0.4, 0.5) is 5.69 Å². The Morgan fingerprint density at radius 1 is 1.36 bits per heavy atom. The number of aryl methyl sites for hydroxylation is 1. The van der Waals surface area contributed by atoms with Gasteiger partial charge >= 0.3 is 5.97 Å². The first-order valence-corrected chi connectivity index (χ1v) is 8.27. The summed E-state index contributed by atoms with van der Waals surface area (Å²) in [5.74, 6) is -0.446. The molecule has 0 atom stereocenters. The highest BCUT2D eigenvalue weighted by atomic mass is 79.9. The minimum absolute atomic E-state index is 0.249. The molecule has 116 valence electrons. The summed E-state index contributed by atoms with van der Waals surface area (Å²) in [5.41, 5.74) is 0.711. The van der Waals surface area contributed by atoms with Crippen LogP contribution >= 0.6 is 27.3 Å². The smallest absolute Gasteiger partial charge is 0.309 e. The van der Waals surface area contributed by atoms with Gasteiger partial charge in [-0.05, 0) is 24.6 Å². The number of hydrogen-bond donors (Lipinski definition) is 0. The van der Waals surface area contributed by atoms with Crippen LogP contribution in [0.3, 0.4) is 0 Å². The van der Waals surface area contributed by atoms with Gasteiger partial charge in [-0.3, -0.25) is 9.59 Å². The van der Waals surface area contributed by atoms with Crippen molar-refractivity contribution < 1.29 is 14.3 Å². The van der Waals surface area contributed by atoms with E-state index in [0.29, 0.717) is 16.9 Å². The number of aromatic nitrogens is 1. The Balaban J connectivity index is 2.67. The number of benzene rings is 1. The van der Waals surface area contributed by atoms with Gasteiger partial charge < -0.3 is 4.74 Å². The van der Waals surface area contributed by atoms with E-state index < -0.39 is 5.97 Å². The number of rotatable bonds is 3. The van der Waals surface area contributed by atoms with Crippen molar-refractivity contribution in [2.45, 2.75) is 27.2 Å². The zero-order valence-corrected chi connectivity index (χ0v) is 14.8. The molecule has 0 spiro atoms. The maximum atomic E-state index is 12.0. The fourth-order valence-electron chi connectivity index (χ4n) is 1.88. The first-order chi connectivity index (χ1) is 10.4. The largest absolute Gasteiger partial charge is 0.408 e. The number of esters is 1. The van der Waals surface area contributed by atoms with Crippen LogP contribution in [0.25, 0.3) is 0 Å². The van der Waals surface area contributed by atoms with E-state index in [0.717, 1.165) is 9.35 Å². The quantitative estimate of drug-likeness (QED) is 0.760. The molecule has 0 aliphatic rings. The van der Waals surface area contributed by atoms with Gasteiger partial charge in [0.15, 0.2) is 4.80 Å². The molecule has 5 nitrogen and oxygen atoms in total. The highest BCUT2D eigenvalue weighted by Gasteiger charge is 2.18. The van der Waals surface area contributed by atoms with Crippen LogP contribution in [0.5, 0.6) is 5.88 Å². The van der Waals surface area contributed by atoms with Crippen LogP contribution in [0, 0.1) is 0 Å². The Kier molecular flexibility index (Phi) is 5.31. The molecular formula is C15H15BrN2O3S. The van der Waals surface area contributed by atoms with E-state index in [1.165, 1.54) is 29.8 Å². The van der Waals surface area contributed by atoms with E-state index in [2.05, 4.69) is 20.9 Å². The van der Waals surface area contributed by atoms with E-state index in [1.807, 2.05) is 31.2 Å². The summed E-state index contributed by atoms with van der Waals surface area (Å²) in [6.45, 7) is 4.66. The number of carbonyl (C=O) groups is 2. The van der Waals surface area contributed by atoms with Gasteiger partial charge in [0.05, 0.1) is 10.6 Å². The Morgan fingerprint density at radius 2 is 2.09 bits per heavy atom. The van der Waals surface area contributed by atoms with Gasteiger partial charge in [0.1, 0.15) is 0 Å². The van der Waals surface area contributed by atoms with E-state index in [1.54, 1.807) is 0 Å². The normalized spacial score (nSPS) is 11.5. The second kappa shape index (κ2) is 7.02. The van der Waals surface area contributed by atoms with Gasteiger partial charge in [-0.25, -0.2) is 9.56 Å². The molecular weight excluding hydrogens is 368 g/mol. The maximum Gasteiger partial charge on any atom is 0.309 e. The first kappa shape index (κ1) is 16.6. The average Bonchev–Trinajstić information content (AvgIpc) is 2.75. The Bertz CT molecular complexity index is 792. The lowest BCUT2D eigenvalue weighted by Crippen LogP contribution is -2.22. The highest BCUT2D eigenvalue weighted by Crippen LogP contribution is 2.24. The molecule has 0 saturated heterocycles. The molecule has 7 heteroatoms. The van der Waals surface area contributed by atoms with E-state index >= 15 is 0 Å². The number of ether oxygens (including phenoxy) is 1. The lowest BCUT2D eigenvalue weighted by Gasteiger charge is -2.05. The molecule has 0 fully saturated rings. The predicted molar refractivity (Wildman–Crippen MR) is 88.7 cm³/mol. The third-order valence-electron chi connectivity index (χ3n) is 2.76. The molecule has 0 radical (unpaired) electrons. The summed E-state index contributed by atoms with van der Waals surface area (Å²) >= 11 is 4.73. The molecule has 1 aromatic heterocycles. The van der Waals surface area contributed by atoms with Crippen molar-refractivity contribution in [3.8, 4) is 5.88 Å². The molecule has 2 rings (SSSR count). The van der Waals surface area contributed by atoms with Crippen molar-refractivity contribution in [1.29, 1.82) is 0 Å². The maximum absolute atomic E-state index is 12.0. The molecule has 0 bridgehead atoms. The van der Waals surface area contributed by atoms with Gasteiger partial charge in [-0.2, -0.15) is 0 Å². The van der Waals surface area contributed by atoms with Crippen LogP contribution in [-0.4, -0.2) is 16.4 Å². The number of thiazole rings is 1. The van der Waals surface area contributed by atoms with Crippen LogP contribution < -0.4 is 9.54 Å². The monoisotopic (exact) mass is 382 g/mol. The minimum Gasteiger partial charge on any atom is -0.408 e.